The Kier molecular flexibility index (Phi) is 5.86. The Balaban J connectivity index is 1.73. The van der Waals surface area contributed by atoms with Crippen LogP contribution in [-0.2, 0) is 0 Å². The van der Waals surface area contributed by atoms with E-state index in [2.05, 4.69) is 5.32 Å². The van der Waals surface area contributed by atoms with Gasteiger partial charge in [-0.15, -0.1) is 0 Å². The van der Waals surface area contributed by atoms with E-state index in [0.717, 1.165) is 5.56 Å². The maximum atomic E-state index is 12.9. The summed E-state index contributed by atoms with van der Waals surface area (Å²) in [6.45, 7) is 2.37. The molecule has 0 spiro atoms. The summed E-state index contributed by atoms with van der Waals surface area (Å²) < 4.78 is 31.0. The second-order valence-corrected chi connectivity index (χ2v) is 5.10. The van der Waals surface area contributed by atoms with Crippen LogP contribution in [0.5, 0.6) is 5.75 Å². The summed E-state index contributed by atoms with van der Waals surface area (Å²) in [4.78, 5) is 0. The Hall–Kier alpha value is -1.98. The third kappa shape index (κ3) is 5.09. The van der Waals surface area contributed by atoms with Gasteiger partial charge < -0.3 is 15.2 Å². The first-order valence-electron chi connectivity index (χ1n) is 7.10. The predicted octanol–water partition coefficient (Wildman–Crippen LogP) is 3.06. The Morgan fingerprint density at radius 1 is 1.00 bits per heavy atom. The minimum atomic E-state index is -0.701. The maximum absolute atomic E-state index is 12.9. The number of halogens is 2. The normalized spacial score (nSPS) is 13.6. The van der Waals surface area contributed by atoms with Crippen molar-refractivity contribution < 1.29 is 18.6 Å². The van der Waals surface area contributed by atoms with Gasteiger partial charge in [0, 0.05) is 12.6 Å². The van der Waals surface area contributed by atoms with Gasteiger partial charge in [-0.2, -0.15) is 0 Å². The van der Waals surface area contributed by atoms with Crippen molar-refractivity contribution in [2.45, 2.75) is 19.1 Å². The molecule has 0 heterocycles. The average Bonchev–Trinajstić information content (AvgIpc) is 2.52. The molecule has 118 valence electrons. The van der Waals surface area contributed by atoms with E-state index in [1.54, 1.807) is 12.1 Å². The van der Waals surface area contributed by atoms with Crippen LogP contribution in [0.2, 0.25) is 0 Å². The molecule has 2 rings (SSSR count). The van der Waals surface area contributed by atoms with Crippen molar-refractivity contribution in [2.24, 2.45) is 0 Å². The molecule has 0 amide bonds. The van der Waals surface area contributed by atoms with E-state index in [4.69, 9.17) is 4.74 Å². The van der Waals surface area contributed by atoms with Crippen molar-refractivity contribution >= 4 is 0 Å². The number of ether oxygens (including phenoxy) is 1. The minimum absolute atomic E-state index is 0.0129. The van der Waals surface area contributed by atoms with Gasteiger partial charge in [-0.3, -0.25) is 0 Å². The van der Waals surface area contributed by atoms with Crippen LogP contribution >= 0.6 is 0 Å². The van der Waals surface area contributed by atoms with Gasteiger partial charge in [0.15, 0.2) is 0 Å². The number of benzene rings is 2. The quantitative estimate of drug-likeness (QED) is 0.826. The third-order valence-electron chi connectivity index (χ3n) is 3.29. The van der Waals surface area contributed by atoms with Gasteiger partial charge in [-0.25, -0.2) is 8.78 Å². The minimum Gasteiger partial charge on any atom is -0.491 e. The van der Waals surface area contributed by atoms with Gasteiger partial charge in [0.2, 0.25) is 0 Å². The molecule has 2 atom stereocenters. The number of aliphatic hydroxyl groups excluding tert-OH is 1. The van der Waals surface area contributed by atoms with E-state index in [-0.39, 0.29) is 24.3 Å². The molecule has 0 aliphatic carbocycles. The van der Waals surface area contributed by atoms with Crippen LogP contribution in [0.4, 0.5) is 8.78 Å². The Bertz CT molecular complexity index is 572. The van der Waals surface area contributed by atoms with Crippen LogP contribution in [0.25, 0.3) is 0 Å². The molecule has 5 heteroatoms. The number of rotatable bonds is 7. The van der Waals surface area contributed by atoms with Crippen molar-refractivity contribution in [3.05, 3.63) is 65.7 Å². The highest BCUT2D eigenvalue weighted by Crippen LogP contribution is 2.13. The molecule has 0 saturated heterocycles. The molecule has 0 aliphatic heterocycles. The van der Waals surface area contributed by atoms with E-state index in [1.807, 2.05) is 6.92 Å². The lowest BCUT2D eigenvalue weighted by atomic mass is 10.1. The second-order valence-electron chi connectivity index (χ2n) is 5.10. The molecule has 0 radical (unpaired) electrons. The first-order valence-corrected chi connectivity index (χ1v) is 7.10. The molecule has 2 N–H and O–H groups in total. The molecule has 0 bridgehead atoms. The zero-order chi connectivity index (χ0) is 15.9. The van der Waals surface area contributed by atoms with Gasteiger partial charge in [0.25, 0.3) is 0 Å². The smallest absolute Gasteiger partial charge is 0.123 e. The van der Waals surface area contributed by atoms with E-state index in [1.165, 1.54) is 36.4 Å². The Morgan fingerprint density at radius 3 is 2.14 bits per heavy atom. The van der Waals surface area contributed by atoms with E-state index < -0.39 is 6.10 Å². The lowest BCUT2D eigenvalue weighted by Gasteiger charge is -2.18. The van der Waals surface area contributed by atoms with E-state index >= 15 is 0 Å². The molecule has 2 aromatic rings. The zero-order valence-electron chi connectivity index (χ0n) is 12.3. The first-order chi connectivity index (χ1) is 10.5. The summed E-state index contributed by atoms with van der Waals surface area (Å²) in [5.74, 6) is -0.0987. The lowest BCUT2D eigenvalue weighted by Crippen LogP contribution is -2.33. The van der Waals surface area contributed by atoms with Crippen LogP contribution < -0.4 is 10.1 Å². The molecule has 22 heavy (non-hydrogen) atoms. The number of hydrogen-bond acceptors (Lipinski definition) is 3. The number of nitrogens with one attached hydrogen (secondary N) is 1. The number of aliphatic hydroxyl groups is 1. The lowest BCUT2D eigenvalue weighted by molar-refractivity contribution is 0.104. The average molecular weight is 307 g/mol. The maximum Gasteiger partial charge on any atom is 0.123 e. The first kappa shape index (κ1) is 16.4. The van der Waals surface area contributed by atoms with E-state index in [9.17, 15) is 13.9 Å². The van der Waals surface area contributed by atoms with Crippen LogP contribution in [-0.4, -0.2) is 24.4 Å². The fraction of sp³-hybridized carbons (Fsp3) is 0.294. The molecule has 0 fully saturated rings. The van der Waals surface area contributed by atoms with Gasteiger partial charge in [0.05, 0.1) is 0 Å². The molecule has 0 aromatic heterocycles. The largest absolute Gasteiger partial charge is 0.491 e. The molecular weight excluding hydrogens is 288 g/mol. The summed E-state index contributed by atoms with van der Waals surface area (Å²) >= 11 is 0. The topological polar surface area (TPSA) is 41.5 Å². The van der Waals surface area contributed by atoms with Crippen LogP contribution in [0.15, 0.2) is 48.5 Å². The van der Waals surface area contributed by atoms with Crippen molar-refractivity contribution in [2.75, 3.05) is 13.2 Å². The standard InChI is InChI=1S/C17H19F2NO2/c1-12(13-2-4-14(18)5-3-13)20-10-16(21)11-22-17-8-6-15(19)7-9-17/h2-9,12,16,20-21H,10-11H2,1H3. The summed E-state index contributed by atoms with van der Waals surface area (Å²) in [6, 6.07) is 11.8. The van der Waals surface area contributed by atoms with Crippen molar-refractivity contribution in [3.8, 4) is 5.75 Å². The van der Waals surface area contributed by atoms with Crippen molar-refractivity contribution in [3.63, 3.8) is 0 Å². The van der Waals surface area contributed by atoms with Crippen molar-refractivity contribution in [1.82, 2.24) is 5.32 Å². The van der Waals surface area contributed by atoms with Gasteiger partial charge >= 0.3 is 0 Å². The second kappa shape index (κ2) is 7.87. The molecule has 2 unspecified atom stereocenters. The van der Waals surface area contributed by atoms with E-state index in [0.29, 0.717) is 12.3 Å². The highest BCUT2D eigenvalue weighted by molar-refractivity contribution is 5.22. The summed E-state index contributed by atoms with van der Waals surface area (Å²) in [5, 5.41) is 13.0. The number of hydrogen-bond donors (Lipinski definition) is 2. The van der Waals surface area contributed by atoms with Crippen LogP contribution in [0, 0.1) is 11.6 Å². The molecule has 0 saturated carbocycles. The Morgan fingerprint density at radius 2 is 1.55 bits per heavy atom. The summed E-state index contributed by atoms with van der Waals surface area (Å²) in [5.41, 5.74) is 0.938. The fourth-order valence-corrected chi connectivity index (χ4v) is 1.96. The highest BCUT2D eigenvalue weighted by atomic mass is 19.1. The summed E-state index contributed by atoms with van der Waals surface area (Å²) in [7, 11) is 0. The summed E-state index contributed by atoms with van der Waals surface area (Å²) in [6.07, 6.45) is -0.701. The zero-order valence-corrected chi connectivity index (χ0v) is 12.3. The van der Waals surface area contributed by atoms with Crippen molar-refractivity contribution in [1.29, 1.82) is 0 Å². The van der Waals surface area contributed by atoms with Gasteiger partial charge in [0.1, 0.15) is 30.1 Å². The molecule has 2 aromatic carbocycles. The monoisotopic (exact) mass is 307 g/mol. The molecule has 3 nitrogen and oxygen atoms in total. The third-order valence-corrected chi connectivity index (χ3v) is 3.29. The van der Waals surface area contributed by atoms with Gasteiger partial charge in [-0.05, 0) is 48.9 Å². The predicted molar refractivity (Wildman–Crippen MR) is 80.7 cm³/mol. The fourth-order valence-electron chi connectivity index (χ4n) is 1.96. The van der Waals surface area contributed by atoms with Crippen LogP contribution in [0.1, 0.15) is 18.5 Å². The Labute approximate surface area is 128 Å². The van der Waals surface area contributed by atoms with Crippen LogP contribution in [0.3, 0.4) is 0 Å². The molecule has 0 aliphatic rings. The van der Waals surface area contributed by atoms with Gasteiger partial charge in [-0.1, -0.05) is 12.1 Å². The molecular formula is C17H19F2NO2. The highest BCUT2D eigenvalue weighted by Gasteiger charge is 2.09. The SMILES string of the molecule is CC(NCC(O)COc1ccc(F)cc1)c1ccc(F)cc1.